The molecule has 2 saturated heterocycles. The number of pyridine rings is 1. The number of rotatable bonds is 17. The first kappa shape index (κ1) is 42.8. The molecular weight excluding hydrogens is 819 g/mol. The number of imidazole rings is 1. The highest BCUT2D eigenvalue weighted by Crippen LogP contribution is 2.36. The number of hydrogen-bond acceptors (Lipinski definition) is 15. The Bertz CT molecular complexity index is 2430. The van der Waals surface area contributed by atoms with E-state index in [0.29, 0.717) is 43.0 Å². The van der Waals surface area contributed by atoms with E-state index in [1.807, 2.05) is 23.6 Å². The number of amides is 7. The summed E-state index contributed by atoms with van der Waals surface area (Å²) >= 11 is 0. The summed E-state index contributed by atoms with van der Waals surface area (Å²) in [6.07, 6.45) is 6.25. The monoisotopic (exact) mass is 865 g/mol. The number of piperidine rings is 2. The lowest BCUT2D eigenvalue weighted by Gasteiger charge is -2.36. The topological polar surface area (TPSA) is 258 Å². The molecule has 6 heterocycles. The third kappa shape index (κ3) is 9.63. The zero-order valence-electron chi connectivity index (χ0n) is 34.5. The van der Waals surface area contributed by atoms with Crippen molar-refractivity contribution in [2.24, 2.45) is 0 Å². The minimum absolute atomic E-state index is 0.00249. The number of carbonyl (C=O) groups excluding carboxylic acids is 7. The number of nitrogens with zero attached hydrogens (tertiary/aromatic N) is 7. The fourth-order valence-corrected chi connectivity index (χ4v) is 8.08. The molecule has 7 amide bonds. The average Bonchev–Trinajstić information content (AvgIpc) is 3.80. The van der Waals surface area contributed by atoms with E-state index in [1.165, 1.54) is 24.5 Å². The van der Waals surface area contributed by atoms with E-state index < -0.39 is 42.2 Å². The molecule has 63 heavy (non-hydrogen) atoms. The van der Waals surface area contributed by atoms with Crippen molar-refractivity contribution in [3.63, 3.8) is 0 Å². The van der Waals surface area contributed by atoms with Gasteiger partial charge in [-0.2, -0.15) is 0 Å². The molecular formula is C42H47N11O10. The average molecular weight is 866 g/mol. The van der Waals surface area contributed by atoms with Gasteiger partial charge in [0.05, 0.1) is 37.3 Å². The van der Waals surface area contributed by atoms with Crippen molar-refractivity contribution in [3.8, 4) is 5.75 Å². The van der Waals surface area contributed by atoms with Crippen LogP contribution in [0.5, 0.6) is 5.75 Å². The van der Waals surface area contributed by atoms with Crippen LogP contribution in [0.3, 0.4) is 0 Å². The molecule has 21 heteroatoms. The van der Waals surface area contributed by atoms with Gasteiger partial charge in [0.15, 0.2) is 18.1 Å². The molecule has 1 aliphatic carbocycles. The summed E-state index contributed by atoms with van der Waals surface area (Å²) in [7, 11) is 0. The van der Waals surface area contributed by atoms with Crippen LogP contribution in [0.4, 0.5) is 5.82 Å². The molecule has 0 radical (unpaired) electrons. The van der Waals surface area contributed by atoms with Gasteiger partial charge in [0.2, 0.25) is 17.7 Å². The number of ether oxygens (including phenoxy) is 3. The molecule has 21 nitrogen and oxygen atoms in total. The van der Waals surface area contributed by atoms with Crippen LogP contribution in [0.2, 0.25) is 0 Å². The van der Waals surface area contributed by atoms with E-state index in [4.69, 9.17) is 14.2 Å². The predicted molar refractivity (Wildman–Crippen MR) is 220 cm³/mol. The number of anilines is 1. The lowest BCUT2D eigenvalue weighted by molar-refractivity contribution is -0.138. The van der Waals surface area contributed by atoms with Gasteiger partial charge in [-0.05, 0) is 63.3 Å². The molecule has 4 aliphatic rings. The van der Waals surface area contributed by atoms with Crippen LogP contribution in [0.15, 0.2) is 49.1 Å². The number of carbonyl (C=O) groups is 7. The summed E-state index contributed by atoms with van der Waals surface area (Å²) in [6.45, 7) is 3.15. The van der Waals surface area contributed by atoms with E-state index in [0.717, 1.165) is 29.1 Å². The number of likely N-dealkylation sites (tertiary alicyclic amines) is 1. The fourth-order valence-electron chi connectivity index (χ4n) is 8.08. The largest absolute Gasteiger partial charge is 0.483 e. The first-order valence-electron chi connectivity index (χ1n) is 20.9. The molecule has 1 aromatic carbocycles. The second kappa shape index (κ2) is 19.0. The van der Waals surface area contributed by atoms with Crippen molar-refractivity contribution in [2.75, 3.05) is 58.0 Å². The standard InChI is InChI=1S/C42H47N11O10/c1-24-4-2-6-29(47-24)39(57)49-26-18-27(19-26)52-23-46-36-37(44-22-45-38(36)52)48-25-10-13-51(14-11-25)34(56)21-62-17-16-61-15-12-43-33(55)20-63-31-7-3-5-28-35(31)42(60)53(41(28)59)30-8-9-32(54)50-40(30)58/h2-7,22-23,25-27,30H,8-21H2,1H3,(H,43,55)(H,49,57)(H,44,45,48)(H,50,54,58). The molecule has 4 N–H and O–H groups in total. The minimum Gasteiger partial charge on any atom is -0.483 e. The van der Waals surface area contributed by atoms with E-state index in [2.05, 4.69) is 41.2 Å². The van der Waals surface area contributed by atoms with Gasteiger partial charge < -0.3 is 39.6 Å². The van der Waals surface area contributed by atoms with Crippen molar-refractivity contribution in [2.45, 2.75) is 69.6 Å². The zero-order valence-corrected chi connectivity index (χ0v) is 34.5. The van der Waals surface area contributed by atoms with Gasteiger partial charge in [-0.15, -0.1) is 0 Å². The number of aromatic nitrogens is 5. The molecule has 3 aromatic heterocycles. The van der Waals surface area contributed by atoms with Crippen LogP contribution in [0.25, 0.3) is 11.2 Å². The van der Waals surface area contributed by atoms with Crippen LogP contribution < -0.4 is 26.0 Å². The summed E-state index contributed by atoms with van der Waals surface area (Å²) < 4.78 is 18.7. The van der Waals surface area contributed by atoms with Gasteiger partial charge in [0.25, 0.3) is 23.6 Å². The molecule has 8 rings (SSSR count). The number of nitrogens with one attached hydrogen (secondary N) is 4. The van der Waals surface area contributed by atoms with Crippen LogP contribution in [0, 0.1) is 6.92 Å². The van der Waals surface area contributed by atoms with E-state index in [-0.39, 0.29) is 92.6 Å². The molecule has 4 aromatic rings. The summed E-state index contributed by atoms with van der Waals surface area (Å²) in [5, 5.41) is 11.4. The van der Waals surface area contributed by atoms with Gasteiger partial charge in [0.1, 0.15) is 35.9 Å². The van der Waals surface area contributed by atoms with Crippen molar-refractivity contribution >= 4 is 58.3 Å². The number of aryl methyl sites for hydroxylation is 1. The van der Waals surface area contributed by atoms with Crippen molar-refractivity contribution in [1.82, 2.24) is 50.3 Å². The summed E-state index contributed by atoms with van der Waals surface area (Å²) in [5.41, 5.74) is 2.60. The Labute approximate surface area is 360 Å². The van der Waals surface area contributed by atoms with E-state index in [9.17, 15) is 33.6 Å². The molecule has 1 saturated carbocycles. The Morgan fingerprint density at radius 3 is 2.46 bits per heavy atom. The van der Waals surface area contributed by atoms with Crippen LogP contribution >= 0.6 is 0 Å². The van der Waals surface area contributed by atoms with E-state index in [1.54, 1.807) is 17.3 Å². The quantitative estimate of drug-likeness (QED) is 0.0842. The van der Waals surface area contributed by atoms with Gasteiger partial charge in [-0.1, -0.05) is 12.1 Å². The first-order valence-corrected chi connectivity index (χ1v) is 20.9. The highest BCUT2D eigenvalue weighted by atomic mass is 16.5. The van der Waals surface area contributed by atoms with Gasteiger partial charge in [-0.25, -0.2) is 19.9 Å². The van der Waals surface area contributed by atoms with Gasteiger partial charge in [-0.3, -0.25) is 43.8 Å². The normalized spacial score (nSPS) is 20.0. The molecule has 3 fully saturated rings. The molecule has 0 bridgehead atoms. The summed E-state index contributed by atoms with van der Waals surface area (Å²) in [6, 6.07) is 8.94. The van der Waals surface area contributed by atoms with Crippen LogP contribution in [-0.2, 0) is 28.7 Å². The van der Waals surface area contributed by atoms with Gasteiger partial charge >= 0.3 is 0 Å². The number of fused-ring (bicyclic) bond motifs is 2. The maximum Gasteiger partial charge on any atom is 0.270 e. The molecule has 0 spiro atoms. The van der Waals surface area contributed by atoms with Crippen molar-refractivity contribution in [3.05, 3.63) is 71.6 Å². The molecule has 1 atom stereocenters. The van der Waals surface area contributed by atoms with Gasteiger partial charge in [0, 0.05) is 49.9 Å². The van der Waals surface area contributed by atoms with Crippen LogP contribution in [-0.4, -0.2) is 146 Å². The maximum absolute atomic E-state index is 13.2. The van der Waals surface area contributed by atoms with Crippen molar-refractivity contribution in [1.29, 1.82) is 0 Å². The SMILES string of the molecule is Cc1cccc(C(=O)NC2CC(n3cnc4c(NC5CCN(C(=O)COCCOCCNC(=O)COc6cccc7c6C(=O)N(C6CCC(=O)NC6=O)C7=O)CC5)ncnc43)C2)n1. The highest BCUT2D eigenvalue weighted by Gasteiger charge is 2.46. The van der Waals surface area contributed by atoms with E-state index >= 15 is 0 Å². The van der Waals surface area contributed by atoms with Crippen molar-refractivity contribution < 1.29 is 47.8 Å². The Kier molecular flexibility index (Phi) is 12.9. The third-order valence-electron chi connectivity index (χ3n) is 11.5. The highest BCUT2D eigenvalue weighted by molar-refractivity contribution is 6.24. The fraction of sp³-hybridized carbons (Fsp3) is 0.452. The third-order valence-corrected chi connectivity index (χ3v) is 11.5. The number of benzene rings is 1. The zero-order chi connectivity index (χ0) is 44.0. The Balaban J connectivity index is 0.684. The Morgan fingerprint density at radius 2 is 1.67 bits per heavy atom. The lowest BCUT2D eigenvalue weighted by Crippen LogP contribution is -2.54. The molecule has 3 aliphatic heterocycles. The predicted octanol–water partition coefficient (Wildman–Crippen LogP) is 0.696. The molecule has 1 unspecified atom stereocenters. The second-order valence-electron chi connectivity index (χ2n) is 15.7. The molecule has 330 valence electrons. The smallest absolute Gasteiger partial charge is 0.270 e. The Morgan fingerprint density at radius 1 is 0.873 bits per heavy atom. The lowest BCUT2D eigenvalue weighted by atomic mass is 9.86. The maximum atomic E-state index is 13.2. The second-order valence-corrected chi connectivity index (χ2v) is 15.7. The Hall–Kier alpha value is -6.87. The summed E-state index contributed by atoms with van der Waals surface area (Å²) in [5.74, 6) is -2.72. The minimum atomic E-state index is -1.12. The number of imide groups is 2. The summed E-state index contributed by atoms with van der Waals surface area (Å²) in [4.78, 5) is 109. The first-order chi connectivity index (χ1) is 30.5. The number of hydrogen-bond donors (Lipinski definition) is 4. The van der Waals surface area contributed by atoms with Crippen LogP contribution in [0.1, 0.15) is 81.5 Å².